The molecular weight excluding hydrogens is 341 g/mol. The number of hydrogen-bond donors (Lipinski definition) is 1. The zero-order valence-corrected chi connectivity index (χ0v) is 14.3. The van der Waals surface area contributed by atoms with E-state index in [4.69, 9.17) is 4.42 Å². The Labute approximate surface area is 148 Å². The Morgan fingerprint density at radius 2 is 1.84 bits per heavy atom. The number of carbonyl (C=O) groups is 1. The molecule has 0 aliphatic rings. The van der Waals surface area contributed by atoms with Crippen LogP contribution in [0, 0.1) is 5.82 Å². The van der Waals surface area contributed by atoms with Gasteiger partial charge in [-0.3, -0.25) is 10.1 Å². The number of nitrogens with zero attached hydrogens (tertiary/aromatic N) is 2. The van der Waals surface area contributed by atoms with Gasteiger partial charge in [-0.1, -0.05) is 24.2 Å². The maximum Gasteiger partial charge on any atom is 0.322 e. The van der Waals surface area contributed by atoms with Crippen LogP contribution in [0.3, 0.4) is 0 Å². The summed E-state index contributed by atoms with van der Waals surface area (Å²) < 4.78 is 18.3. The molecule has 1 amide bonds. The molecule has 5 nitrogen and oxygen atoms in total. The first-order valence-electron chi connectivity index (χ1n) is 7.75. The van der Waals surface area contributed by atoms with Crippen LogP contribution in [0.1, 0.15) is 28.7 Å². The average molecular weight is 357 g/mol. The van der Waals surface area contributed by atoms with Crippen molar-refractivity contribution in [2.45, 2.75) is 18.2 Å². The van der Waals surface area contributed by atoms with E-state index >= 15 is 0 Å². The minimum Gasteiger partial charge on any atom is -0.407 e. The first-order valence-corrected chi connectivity index (χ1v) is 8.73. The van der Waals surface area contributed by atoms with Crippen LogP contribution in [0.4, 0.5) is 10.4 Å². The zero-order valence-electron chi connectivity index (χ0n) is 13.5. The number of nitrogens with one attached hydrogen (secondary N) is 1. The fourth-order valence-electron chi connectivity index (χ4n) is 2.19. The van der Waals surface area contributed by atoms with E-state index in [2.05, 4.69) is 22.4 Å². The molecule has 3 aromatic rings. The topological polar surface area (TPSA) is 68.0 Å². The fourth-order valence-corrected chi connectivity index (χ4v) is 2.85. The Hall–Kier alpha value is -2.67. The van der Waals surface area contributed by atoms with Gasteiger partial charge in [-0.15, -0.1) is 16.9 Å². The lowest BCUT2D eigenvalue weighted by molar-refractivity contribution is 0.102. The molecule has 0 saturated heterocycles. The van der Waals surface area contributed by atoms with Gasteiger partial charge in [-0.2, -0.15) is 0 Å². The van der Waals surface area contributed by atoms with Gasteiger partial charge < -0.3 is 4.42 Å². The van der Waals surface area contributed by atoms with E-state index in [1.165, 1.54) is 12.1 Å². The van der Waals surface area contributed by atoms with E-state index in [1.807, 2.05) is 12.1 Å². The quantitative estimate of drug-likeness (QED) is 0.671. The van der Waals surface area contributed by atoms with Gasteiger partial charge in [-0.05, 0) is 47.7 Å². The predicted octanol–water partition coefficient (Wildman–Crippen LogP) is 4.16. The SMILES string of the molecule is CCSc1ccc(C(=O)Nc2nnc(Cc3ccc(F)cc3)o2)cc1. The van der Waals surface area contributed by atoms with E-state index in [0.29, 0.717) is 17.9 Å². The molecule has 1 aromatic heterocycles. The van der Waals surface area contributed by atoms with Gasteiger partial charge in [0, 0.05) is 10.5 Å². The standard InChI is InChI=1S/C18H16FN3O2S/c1-2-25-15-9-5-13(6-10-15)17(23)20-18-22-21-16(24-18)11-12-3-7-14(19)8-4-12/h3-10H,2,11H2,1H3,(H,20,22,23). The monoisotopic (exact) mass is 357 g/mol. The molecule has 25 heavy (non-hydrogen) atoms. The summed E-state index contributed by atoms with van der Waals surface area (Å²) in [6.45, 7) is 2.07. The molecule has 0 radical (unpaired) electrons. The Bertz CT molecular complexity index is 848. The molecule has 1 N–H and O–H groups in total. The number of thioether (sulfide) groups is 1. The molecule has 0 atom stereocenters. The first-order chi connectivity index (χ1) is 12.1. The molecule has 2 aromatic carbocycles. The zero-order chi connectivity index (χ0) is 17.6. The van der Waals surface area contributed by atoms with Crippen molar-refractivity contribution >= 4 is 23.7 Å². The Balaban J connectivity index is 1.62. The summed E-state index contributed by atoms with van der Waals surface area (Å²) in [4.78, 5) is 13.3. The molecule has 0 unspecified atom stereocenters. The van der Waals surface area contributed by atoms with Gasteiger partial charge in [0.2, 0.25) is 5.89 Å². The molecule has 0 saturated carbocycles. The summed E-state index contributed by atoms with van der Waals surface area (Å²) in [7, 11) is 0. The second kappa shape index (κ2) is 7.94. The van der Waals surface area contributed by atoms with E-state index in [9.17, 15) is 9.18 Å². The molecule has 0 spiro atoms. The third-order valence-electron chi connectivity index (χ3n) is 3.38. The highest BCUT2D eigenvalue weighted by Crippen LogP contribution is 2.18. The van der Waals surface area contributed by atoms with E-state index in [-0.39, 0.29) is 17.7 Å². The molecule has 1 heterocycles. The van der Waals surface area contributed by atoms with Gasteiger partial charge in [-0.25, -0.2) is 4.39 Å². The largest absolute Gasteiger partial charge is 0.407 e. The normalized spacial score (nSPS) is 10.6. The molecule has 7 heteroatoms. The summed E-state index contributed by atoms with van der Waals surface area (Å²) in [6, 6.07) is 13.4. The van der Waals surface area contributed by atoms with Crippen LogP contribution in [0.5, 0.6) is 0 Å². The van der Waals surface area contributed by atoms with E-state index in [0.717, 1.165) is 16.2 Å². The lowest BCUT2D eigenvalue weighted by atomic mass is 10.1. The number of rotatable bonds is 6. The number of carbonyl (C=O) groups excluding carboxylic acids is 1. The molecule has 0 aliphatic heterocycles. The van der Waals surface area contributed by atoms with Crippen molar-refractivity contribution in [2.24, 2.45) is 0 Å². The fraction of sp³-hybridized carbons (Fsp3) is 0.167. The number of anilines is 1. The third kappa shape index (κ3) is 4.67. The molecule has 0 aliphatic carbocycles. The highest BCUT2D eigenvalue weighted by Gasteiger charge is 2.12. The van der Waals surface area contributed by atoms with Crippen molar-refractivity contribution < 1.29 is 13.6 Å². The van der Waals surface area contributed by atoms with Crippen LogP contribution in [-0.4, -0.2) is 21.9 Å². The van der Waals surface area contributed by atoms with Gasteiger partial charge in [0.05, 0.1) is 6.42 Å². The van der Waals surface area contributed by atoms with Crippen molar-refractivity contribution in [2.75, 3.05) is 11.1 Å². The lowest BCUT2D eigenvalue weighted by Gasteiger charge is -2.02. The maximum atomic E-state index is 12.9. The lowest BCUT2D eigenvalue weighted by Crippen LogP contribution is -2.11. The van der Waals surface area contributed by atoms with Gasteiger partial charge in [0.25, 0.3) is 5.91 Å². The van der Waals surface area contributed by atoms with E-state index in [1.54, 1.807) is 36.0 Å². The van der Waals surface area contributed by atoms with Crippen molar-refractivity contribution in [1.82, 2.24) is 10.2 Å². The predicted molar refractivity (Wildman–Crippen MR) is 94.3 cm³/mol. The van der Waals surface area contributed by atoms with Gasteiger partial charge in [0.15, 0.2) is 0 Å². The van der Waals surface area contributed by atoms with Crippen LogP contribution in [0.15, 0.2) is 57.8 Å². The van der Waals surface area contributed by atoms with Crippen LogP contribution in [0.2, 0.25) is 0 Å². The van der Waals surface area contributed by atoms with Crippen LogP contribution in [-0.2, 0) is 6.42 Å². The number of amides is 1. The van der Waals surface area contributed by atoms with E-state index < -0.39 is 0 Å². The highest BCUT2D eigenvalue weighted by molar-refractivity contribution is 7.99. The smallest absolute Gasteiger partial charge is 0.322 e. The minimum atomic E-state index is -0.315. The summed E-state index contributed by atoms with van der Waals surface area (Å²) in [5.74, 6) is 0.705. The molecule has 0 bridgehead atoms. The number of benzene rings is 2. The summed E-state index contributed by atoms with van der Waals surface area (Å²) in [5.41, 5.74) is 1.35. The minimum absolute atomic E-state index is 0.0362. The Kier molecular flexibility index (Phi) is 5.45. The van der Waals surface area contributed by atoms with Crippen molar-refractivity contribution in [3.05, 3.63) is 71.4 Å². The molecule has 0 fully saturated rings. The average Bonchev–Trinajstić information content (AvgIpc) is 3.05. The van der Waals surface area contributed by atoms with Gasteiger partial charge in [0.1, 0.15) is 5.82 Å². The molecule has 3 rings (SSSR count). The number of hydrogen-bond acceptors (Lipinski definition) is 5. The molecule has 128 valence electrons. The van der Waals surface area contributed by atoms with Crippen molar-refractivity contribution in [1.29, 1.82) is 0 Å². The summed E-state index contributed by atoms with van der Waals surface area (Å²) in [5, 5.41) is 10.3. The van der Waals surface area contributed by atoms with Gasteiger partial charge >= 0.3 is 6.01 Å². The summed E-state index contributed by atoms with van der Waals surface area (Å²) >= 11 is 1.71. The second-order valence-corrected chi connectivity index (χ2v) is 6.55. The first kappa shape index (κ1) is 17.2. The van der Waals surface area contributed by atoms with Crippen molar-refractivity contribution in [3.8, 4) is 0 Å². The van der Waals surface area contributed by atoms with Crippen LogP contribution < -0.4 is 5.32 Å². The summed E-state index contributed by atoms with van der Waals surface area (Å²) in [6.07, 6.45) is 0.367. The maximum absolute atomic E-state index is 12.9. The Morgan fingerprint density at radius 1 is 1.12 bits per heavy atom. The number of aromatic nitrogens is 2. The highest BCUT2D eigenvalue weighted by atomic mass is 32.2. The number of halogens is 1. The van der Waals surface area contributed by atoms with Crippen LogP contribution >= 0.6 is 11.8 Å². The second-order valence-electron chi connectivity index (χ2n) is 5.22. The van der Waals surface area contributed by atoms with Crippen LogP contribution in [0.25, 0.3) is 0 Å². The third-order valence-corrected chi connectivity index (χ3v) is 4.28. The van der Waals surface area contributed by atoms with Crippen molar-refractivity contribution in [3.63, 3.8) is 0 Å². The molecular formula is C18H16FN3O2S. The Morgan fingerprint density at radius 3 is 2.52 bits per heavy atom.